The van der Waals surface area contributed by atoms with Crippen LogP contribution in [0.1, 0.15) is 71.2 Å². The van der Waals surface area contributed by atoms with Gasteiger partial charge in [-0.2, -0.15) is 0 Å². The zero-order chi connectivity index (χ0) is 47.5. The molecule has 0 aliphatic heterocycles. The molecule has 10 aromatic carbocycles. The molecule has 0 bridgehead atoms. The lowest BCUT2D eigenvalue weighted by Crippen LogP contribution is -2.25. The van der Waals surface area contributed by atoms with E-state index in [9.17, 15) is 0 Å². The number of benzene rings is 10. The summed E-state index contributed by atoms with van der Waals surface area (Å²) in [6, 6.07) is 88.3. The van der Waals surface area contributed by atoms with Gasteiger partial charge in [-0.05, 0) is 174 Å². The number of anilines is 3. The Bertz CT molecular complexity index is 3590. The van der Waals surface area contributed by atoms with Gasteiger partial charge in [0.2, 0.25) is 0 Å². The van der Waals surface area contributed by atoms with Gasteiger partial charge in [0.25, 0.3) is 0 Å². The van der Waals surface area contributed by atoms with E-state index in [0.29, 0.717) is 0 Å². The topological polar surface area (TPSA) is 3.24 Å². The number of hydrogen-bond acceptors (Lipinski definition) is 1. The molecule has 1 nitrogen and oxygen atoms in total. The molecule has 1 heteroatoms. The lowest BCUT2D eigenvalue weighted by atomic mass is 9.73. The van der Waals surface area contributed by atoms with Gasteiger partial charge in [-0.1, -0.05) is 214 Å². The zero-order valence-electron chi connectivity index (χ0n) is 40.4. The van der Waals surface area contributed by atoms with Crippen LogP contribution >= 0.6 is 0 Å². The third-order valence-corrected chi connectivity index (χ3v) is 16.4. The van der Waals surface area contributed by atoms with Crippen molar-refractivity contribution < 1.29 is 0 Å². The first-order valence-electron chi connectivity index (χ1n) is 25.5. The highest BCUT2D eigenvalue weighted by atomic mass is 15.1. The van der Waals surface area contributed by atoms with E-state index in [1.54, 1.807) is 0 Å². The summed E-state index contributed by atoms with van der Waals surface area (Å²) in [5.74, 6) is 0. The Hall–Kier alpha value is -8.26. The highest BCUT2D eigenvalue weighted by Gasteiger charge is 2.47. The van der Waals surface area contributed by atoms with E-state index < -0.39 is 0 Å². The average molecular weight is 910 g/mol. The summed E-state index contributed by atoms with van der Waals surface area (Å²) in [4.78, 5) is 2.39. The summed E-state index contributed by atoms with van der Waals surface area (Å²) < 4.78 is 0. The second-order valence-corrected chi connectivity index (χ2v) is 19.9. The van der Waals surface area contributed by atoms with Crippen LogP contribution in [-0.4, -0.2) is 0 Å². The van der Waals surface area contributed by atoms with E-state index in [1.165, 1.54) is 106 Å². The quantitative estimate of drug-likeness (QED) is 0.124. The fraction of sp³-hybridized carbons (Fsp3) is 0.114. The predicted molar refractivity (Wildman–Crippen MR) is 300 cm³/mol. The van der Waals surface area contributed by atoms with E-state index in [4.69, 9.17) is 0 Å². The van der Waals surface area contributed by atoms with Gasteiger partial charge in [-0.3, -0.25) is 0 Å². The van der Waals surface area contributed by atoms with Crippen LogP contribution in [0.5, 0.6) is 0 Å². The van der Waals surface area contributed by atoms with Gasteiger partial charge in [0.15, 0.2) is 0 Å². The maximum Gasteiger partial charge on any atom is 0.0465 e. The largest absolute Gasteiger partial charge is 0.310 e. The van der Waals surface area contributed by atoms with Crippen molar-refractivity contribution in [2.24, 2.45) is 0 Å². The Morgan fingerprint density at radius 1 is 0.338 bits per heavy atom. The molecule has 0 saturated heterocycles. The molecule has 3 aliphatic rings. The molecule has 0 radical (unpaired) electrons. The molecule has 0 heterocycles. The third kappa shape index (κ3) is 7.05. The summed E-state index contributed by atoms with van der Waals surface area (Å²) in [5.41, 5.74) is 27.4. The molecule has 71 heavy (non-hydrogen) atoms. The van der Waals surface area contributed by atoms with Gasteiger partial charge in [-0.15, -0.1) is 0 Å². The number of fused-ring (bicyclic) bond motifs is 9. The van der Waals surface area contributed by atoms with Crippen LogP contribution in [0.2, 0.25) is 0 Å². The lowest BCUT2D eigenvalue weighted by molar-refractivity contribution is 0.490. The fourth-order valence-electron chi connectivity index (χ4n) is 12.8. The second kappa shape index (κ2) is 17.3. The summed E-state index contributed by atoms with van der Waals surface area (Å²) in [6.45, 7) is 4.72. The zero-order valence-corrected chi connectivity index (χ0v) is 40.4. The molecule has 0 unspecified atom stereocenters. The highest BCUT2D eigenvalue weighted by molar-refractivity contribution is 5.92. The molecule has 0 aromatic heterocycles. The Balaban J connectivity index is 0.833. The Labute approximate surface area is 419 Å². The Kier molecular flexibility index (Phi) is 10.4. The number of hydrogen-bond donors (Lipinski definition) is 0. The monoisotopic (exact) mass is 909 g/mol. The van der Waals surface area contributed by atoms with Gasteiger partial charge in [0.05, 0.1) is 0 Å². The van der Waals surface area contributed by atoms with Crippen LogP contribution in [0.4, 0.5) is 17.1 Å². The predicted octanol–water partition coefficient (Wildman–Crippen LogP) is 18.5. The Morgan fingerprint density at radius 3 is 1.54 bits per heavy atom. The maximum absolute atomic E-state index is 2.53. The minimum atomic E-state index is -0.0806. The molecule has 3 aliphatic carbocycles. The maximum atomic E-state index is 2.53. The SMILES string of the molecule is CCC1(CC)c2cc(/C=C/c3ccc(-c4cc(-c5ccccc5)ccc4-c4ccc5c(c4)C4(Cc6ccccc6C4)c4ccccc4-5)cc3)ccc2-c2ccc(N(c3ccccc3)c3ccccc3)cc21. The average Bonchev–Trinajstić information content (AvgIpc) is 4.06. The molecule has 0 atom stereocenters. The minimum absolute atomic E-state index is 0.0579. The molecule has 0 N–H and O–H groups in total. The first-order chi connectivity index (χ1) is 35.0. The fourth-order valence-corrected chi connectivity index (χ4v) is 12.8. The van der Waals surface area contributed by atoms with Crippen molar-refractivity contribution in [2.75, 3.05) is 4.90 Å². The van der Waals surface area contributed by atoms with Gasteiger partial charge >= 0.3 is 0 Å². The van der Waals surface area contributed by atoms with E-state index in [0.717, 1.165) is 37.1 Å². The van der Waals surface area contributed by atoms with Crippen LogP contribution in [0.25, 0.3) is 67.8 Å². The second-order valence-electron chi connectivity index (χ2n) is 19.9. The van der Waals surface area contributed by atoms with E-state index in [-0.39, 0.29) is 10.8 Å². The molecule has 13 rings (SSSR count). The van der Waals surface area contributed by atoms with E-state index >= 15 is 0 Å². The van der Waals surface area contributed by atoms with Crippen LogP contribution in [0.3, 0.4) is 0 Å². The van der Waals surface area contributed by atoms with Gasteiger partial charge in [-0.25, -0.2) is 0 Å². The summed E-state index contributed by atoms with van der Waals surface area (Å²) in [7, 11) is 0. The molecule has 0 saturated carbocycles. The summed E-state index contributed by atoms with van der Waals surface area (Å²) in [6.07, 6.45) is 8.70. The van der Waals surface area contributed by atoms with Gasteiger partial charge < -0.3 is 4.90 Å². The van der Waals surface area contributed by atoms with E-state index in [1.807, 2.05) is 0 Å². The van der Waals surface area contributed by atoms with Gasteiger partial charge in [0, 0.05) is 27.9 Å². The number of para-hydroxylation sites is 2. The van der Waals surface area contributed by atoms with Crippen molar-refractivity contribution in [3.8, 4) is 55.6 Å². The molecule has 0 fully saturated rings. The van der Waals surface area contributed by atoms with Crippen molar-refractivity contribution >= 4 is 29.2 Å². The number of rotatable bonds is 10. The lowest BCUT2D eigenvalue weighted by Gasteiger charge is -2.32. The standard InChI is InChI=1S/C70H55N/c1-3-69(4-2)66-42-49(32-38-61(66)63-41-37-58(45-68(63)69)71(56-22-10-6-11-23-56)57-24-12-7-13-25-57)29-28-48-30-33-51(34-31-48)64-43-52(50-18-8-5-9-19-50)35-39-59(64)53-36-40-62-60-26-16-17-27-65(60)70(67(62)44-53)46-54-20-14-15-21-55(54)47-70/h5-45H,3-4,46-47H2,1-2H3/b29-28+. The smallest absolute Gasteiger partial charge is 0.0465 e. The van der Waals surface area contributed by atoms with Crippen LogP contribution in [0, 0.1) is 0 Å². The van der Waals surface area contributed by atoms with Gasteiger partial charge in [0.1, 0.15) is 0 Å². The van der Waals surface area contributed by atoms with E-state index in [2.05, 4.69) is 267 Å². The molecular formula is C70H55N. The number of nitrogens with zero attached hydrogens (tertiary/aromatic N) is 1. The molecule has 1 spiro atoms. The normalized spacial score (nSPS) is 14.2. The third-order valence-electron chi connectivity index (χ3n) is 16.4. The Morgan fingerprint density at radius 2 is 0.845 bits per heavy atom. The minimum Gasteiger partial charge on any atom is -0.310 e. The first kappa shape index (κ1) is 42.8. The van der Waals surface area contributed by atoms with Crippen molar-refractivity contribution in [3.63, 3.8) is 0 Å². The molecule has 0 amide bonds. The summed E-state index contributed by atoms with van der Waals surface area (Å²) >= 11 is 0. The van der Waals surface area contributed by atoms with Crippen LogP contribution < -0.4 is 4.90 Å². The van der Waals surface area contributed by atoms with Crippen LogP contribution in [0.15, 0.2) is 237 Å². The van der Waals surface area contributed by atoms with Crippen molar-refractivity contribution in [2.45, 2.75) is 50.4 Å². The molecule has 340 valence electrons. The van der Waals surface area contributed by atoms with Crippen LogP contribution in [-0.2, 0) is 23.7 Å². The summed E-state index contributed by atoms with van der Waals surface area (Å²) in [5, 5.41) is 0. The van der Waals surface area contributed by atoms with Crippen molar-refractivity contribution in [3.05, 3.63) is 281 Å². The van der Waals surface area contributed by atoms with Crippen molar-refractivity contribution in [1.29, 1.82) is 0 Å². The molecular weight excluding hydrogens is 855 g/mol. The van der Waals surface area contributed by atoms with Crippen molar-refractivity contribution in [1.82, 2.24) is 0 Å². The molecule has 10 aromatic rings. The highest BCUT2D eigenvalue weighted by Crippen LogP contribution is 2.57. The first-order valence-corrected chi connectivity index (χ1v) is 25.5.